The molecular formula is C23H29N3O3. The lowest BCUT2D eigenvalue weighted by atomic mass is 9.99. The monoisotopic (exact) mass is 395 g/mol. The Hall–Kier alpha value is -3.02. The second kappa shape index (κ2) is 9.96. The van der Waals surface area contributed by atoms with E-state index >= 15 is 0 Å². The van der Waals surface area contributed by atoms with E-state index in [-0.39, 0.29) is 18.2 Å². The predicted molar refractivity (Wildman–Crippen MR) is 117 cm³/mol. The molecule has 2 aromatic rings. The van der Waals surface area contributed by atoms with Crippen LogP contribution in [0.25, 0.3) is 0 Å². The molecule has 0 spiro atoms. The molecule has 1 aliphatic rings. The van der Waals surface area contributed by atoms with Gasteiger partial charge in [-0.15, -0.1) is 0 Å². The van der Waals surface area contributed by atoms with Crippen molar-refractivity contribution in [2.24, 2.45) is 5.92 Å². The van der Waals surface area contributed by atoms with Crippen LogP contribution in [0.5, 0.6) is 5.75 Å². The van der Waals surface area contributed by atoms with E-state index in [1.54, 1.807) is 24.3 Å². The fourth-order valence-corrected chi connectivity index (χ4v) is 3.38. The van der Waals surface area contributed by atoms with Crippen molar-refractivity contribution in [3.05, 3.63) is 48.5 Å². The third-order valence-electron chi connectivity index (χ3n) is 5.07. The molecule has 1 heterocycles. The van der Waals surface area contributed by atoms with Gasteiger partial charge in [0.2, 0.25) is 11.8 Å². The first-order chi connectivity index (χ1) is 14.0. The molecule has 0 atom stereocenters. The average molecular weight is 396 g/mol. The summed E-state index contributed by atoms with van der Waals surface area (Å²) in [6.45, 7) is 6.93. The minimum absolute atomic E-state index is 0.237. The Bertz CT molecular complexity index is 810. The van der Waals surface area contributed by atoms with Crippen molar-refractivity contribution in [3.63, 3.8) is 0 Å². The van der Waals surface area contributed by atoms with Crippen LogP contribution >= 0.6 is 0 Å². The number of anilines is 3. The van der Waals surface area contributed by atoms with Gasteiger partial charge in [0.15, 0.2) is 0 Å². The summed E-state index contributed by atoms with van der Waals surface area (Å²) in [7, 11) is 0. The maximum absolute atomic E-state index is 12.2. The van der Waals surface area contributed by atoms with Crippen LogP contribution in [0, 0.1) is 5.92 Å². The van der Waals surface area contributed by atoms with Crippen molar-refractivity contribution in [1.82, 2.24) is 0 Å². The smallest absolute Gasteiger partial charge is 0.233 e. The summed E-state index contributed by atoms with van der Waals surface area (Å²) in [5.41, 5.74) is 2.49. The first-order valence-electron chi connectivity index (χ1n) is 10.2. The van der Waals surface area contributed by atoms with E-state index in [1.807, 2.05) is 31.2 Å². The molecule has 6 nitrogen and oxygen atoms in total. The number of piperidine rings is 1. The lowest BCUT2D eigenvalue weighted by molar-refractivity contribution is -0.123. The first kappa shape index (κ1) is 20.7. The molecule has 0 saturated carbocycles. The molecule has 0 aliphatic carbocycles. The molecule has 2 amide bonds. The van der Waals surface area contributed by atoms with Gasteiger partial charge < -0.3 is 20.3 Å². The number of rotatable bonds is 7. The average Bonchev–Trinajstić information content (AvgIpc) is 2.71. The highest BCUT2D eigenvalue weighted by molar-refractivity contribution is 6.08. The number of hydrogen-bond acceptors (Lipinski definition) is 4. The second-order valence-corrected chi connectivity index (χ2v) is 7.45. The Kier molecular flexibility index (Phi) is 7.11. The Morgan fingerprint density at radius 1 is 0.931 bits per heavy atom. The van der Waals surface area contributed by atoms with Crippen LogP contribution in [-0.4, -0.2) is 31.5 Å². The number of hydrogen-bond donors (Lipinski definition) is 2. The van der Waals surface area contributed by atoms with Crippen LogP contribution in [0.2, 0.25) is 0 Å². The molecule has 2 aromatic carbocycles. The summed E-state index contributed by atoms with van der Waals surface area (Å²) in [4.78, 5) is 26.6. The van der Waals surface area contributed by atoms with Crippen molar-refractivity contribution in [2.75, 3.05) is 35.2 Å². The Morgan fingerprint density at radius 2 is 1.45 bits per heavy atom. The van der Waals surface area contributed by atoms with Gasteiger partial charge in [0, 0.05) is 30.2 Å². The number of benzene rings is 2. The van der Waals surface area contributed by atoms with Crippen LogP contribution in [-0.2, 0) is 9.59 Å². The van der Waals surface area contributed by atoms with E-state index in [0.29, 0.717) is 18.0 Å². The molecule has 6 heteroatoms. The van der Waals surface area contributed by atoms with Gasteiger partial charge in [0.25, 0.3) is 0 Å². The van der Waals surface area contributed by atoms with Crippen molar-refractivity contribution in [1.29, 1.82) is 0 Å². The summed E-state index contributed by atoms with van der Waals surface area (Å²) in [5.74, 6) is 0.836. The van der Waals surface area contributed by atoms with Gasteiger partial charge in [-0.05, 0) is 74.2 Å². The van der Waals surface area contributed by atoms with E-state index in [4.69, 9.17) is 4.74 Å². The van der Waals surface area contributed by atoms with Gasteiger partial charge >= 0.3 is 0 Å². The highest BCUT2D eigenvalue weighted by Crippen LogP contribution is 2.24. The lowest BCUT2D eigenvalue weighted by Crippen LogP contribution is -2.32. The number of carbonyl (C=O) groups excluding carboxylic acids is 2. The van der Waals surface area contributed by atoms with E-state index in [1.165, 1.54) is 18.5 Å². The summed E-state index contributed by atoms with van der Waals surface area (Å²) >= 11 is 0. The number of ether oxygens (including phenoxy) is 1. The molecule has 0 bridgehead atoms. The fraction of sp³-hybridized carbons (Fsp3) is 0.391. The minimum atomic E-state index is -0.356. The summed E-state index contributed by atoms with van der Waals surface area (Å²) in [6, 6.07) is 14.9. The van der Waals surface area contributed by atoms with Crippen LogP contribution in [0.4, 0.5) is 17.1 Å². The largest absolute Gasteiger partial charge is 0.494 e. The molecule has 154 valence electrons. The number of carbonyl (C=O) groups is 2. The third-order valence-corrected chi connectivity index (χ3v) is 5.07. The molecule has 3 rings (SSSR count). The molecule has 2 N–H and O–H groups in total. The number of nitrogens with zero attached hydrogens (tertiary/aromatic N) is 1. The maximum atomic E-state index is 12.2. The van der Waals surface area contributed by atoms with Crippen LogP contribution in [0.15, 0.2) is 48.5 Å². The van der Waals surface area contributed by atoms with Gasteiger partial charge in [-0.2, -0.15) is 0 Å². The molecule has 1 saturated heterocycles. The molecule has 0 aromatic heterocycles. The quantitative estimate of drug-likeness (QED) is 0.686. The molecule has 1 fully saturated rings. The number of nitrogens with one attached hydrogen (secondary N) is 2. The highest BCUT2D eigenvalue weighted by Gasteiger charge is 2.16. The van der Waals surface area contributed by atoms with Gasteiger partial charge in [-0.3, -0.25) is 9.59 Å². The van der Waals surface area contributed by atoms with E-state index in [2.05, 4.69) is 22.5 Å². The van der Waals surface area contributed by atoms with E-state index < -0.39 is 0 Å². The van der Waals surface area contributed by atoms with Crippen molar-refractivity contribution < 1.29 is 14.3 Å². The number of amides is 2. The Balaban J connectivity index is 1.46. The van der Waals surface area contributed by atoms with Crippen molar-refractivity contribution in [2.45, 2.75) is 33.1 Å². The standard InChI is InChI=1S/C23H29N3O3/c1-3-29-21-10-6-19(7-11-21)25-23(28)16-22(27)24-18-4-8-20(9-5-18)26-14-12-17(2)13-15-26/h4-11,17H,3,12-16H2,1-2H3,(H,24,27)(H,25,28). The van der Waals surface area contributed by atoms with Gasteiger partial charge in [0.1, 0.15) is 12.2 Å². The van der Waals surface area contributed by atoms with Gasteiger partial charge in [-0.1, -0.05) is 6.92 Å². The first-order valence-corrected chi connectivity index (χ1v) is 10.2. The summed E-state index contributed by atoms with van der Waals surface area (Å²) < 4.78 is 5.37. The zero-order valence-electron chi connectivity index (χ0n) is 17.1. The topological polar surface area (TPSA) is 70.7 Å². The minimum Gasteiger partial charge on any atom is -0.494 e. The van der Waals surface area contributed by atoms with Gasteiger partial charge in [-0.25, -0.2) is 0 Å². The summed E-state index contributed by atoms with van der Waals surface area (Å²) in [6.07, 6.45) is 2.18. The molecule has 29 heavy (non-hydrogen) atoms. The highest BCUT2D eigenvalue weighted by atomic mass is 16.5. The second-order valence-electron chi connectivity index (χ2n) is 7.45. The van der Waals surface area contributed by atoms with Crippen LogP contribution < -0.4 is 20.3 Å². The molecule has 0 unspecified atom stereocenters. The zero-order valence-corrected chi connectivity index (χ0v) is 17.1. The van der Waals surface area contributed by atoms with E-state index in [0.717, 1.165) is 24.8 Å². The van der Waals surface area contributed by atoms with Crippen molar-refractivity contribution >= 4 is 28.9 Å². The third kappa shape index (κ3) is 6.24. The zero-order chi connectivity index (χ0) is 20.6. The molecular weight excluding hydrogens is 366 g/mol. The van der Waals surface area contributed by atoms with Crippen LogP contribution in [0.3, 0.4) is 0 Å². The van der Waals surface area contributed by atoms with Gasteiger partial charge in [0.05, 0.1) is 6.61 Å². The summed E-state index contributed by atoms with van der Waals surface area (Å²) in [5, 5.41) is 5.50. The fourth-order valence-electron chi connectivity index (χ4n) is 3.38. The Labute approximate surface area is 172 Å². The molecule has 1 aliphatic heterocycles. The lowest BCUT2D eigenvalue weighted by Gasteiger charge is -2.32. The SMILES string of the molecule is CCOc1ccc(NC(=O)CC(=O)Nc2ccc(N3CCC(C)CC3)cc2)cc1. The van der Waals surface area contributed by atoms with E-state index in [9.17, 15) is 9.59 Å². The Morgan fingerprint density at radius 3 is 1.97 bits per heavy atom. The predicted octanol–water partition coefficient (Wildman–Crippen LogP) is 4.29. The maximum Gasteiger partial charge on any atom is 0.233 e. The normalized spacial score (nSPS) is 14.3. The molecule has 0 radical (unpaired) electrons. The van der Waals surface area contributed by atoms with Crippen molar-refractivity contribution in [3.8, 4) is 5.75 Å². The van der Waals surface area contributed by atoms with Crippen LogP contribution in [0.1, 0.15) is 33.1 Å².